The third-order valence-electron chi connectivity index (χ3n) is 3.56. The lowest BCUT2D eigenvalue weighted by Crippen LogP contribution is -2.21. The van der Waals surface area contributed by atoms with Gasteiger partial charge in [0.25, 0.3) is 5.91 Å². The van der Waals surface area contributed by atoms with Gasteiger partial charge >= 0.3 is 0 Å². The number of thiophene rings is 1. The smallest absolute Gasteiger partial charge is 0.265 e. The summed E-state index contributed by atoms with van der Waals surface area (Å²) < 4.78 is 0. The number of carbonyl (C=O) groups excluding carboxylic acids is 1. The van der Waals surface area contributed by atoms with Crippen molar-refractivity contribution in [3.8, 4) is 6.07 Å². The van der Waals surface area contributed by atoms with Crippen LogP contribution in [0.4, 0.5) is 10.7 Å². The van der Waals surface area contributed by atoms with Crippen molar-refractivity contribution in [2.24, 2.45) is 5.92 Å². The van der Waals surface area contributed by atoms with E-state index in [1.807, 2.05) is 0 Å². The highest BCUT2D eigenvalue weighted by Crippen LogP contribution is 2.42. The van der Waals surface area contributed by atoms with E-state index < -0.39 is 0 Å². The number of nitrogens with zero attached hydrogens (tertiary/aromatic N) is 2. The number of nitriles is 1. The number of anilines is 2. The number of hydrogen-bond donors (Lipinski definition) is 2. The summed E-state index contributed by atoms with van der Waals surface area (Å²) in [6, 6.07) is 2.53. The van der Waals surface area contributed by atoms with Crippen molar-refractivity contribution < 1.29 is 4.79 Å². The summed E-state index contributed by atoms with van der Waals surface area (Å²) in [7, 11) is 3.36. The number of nitrogens with one attached hydrogen (secondary N) is 1. The summed E-state index contributed by atoms with van der Waals surface area (Å²) in [4.78, 5) is 14.0. The molecule has 6 heteroatoms. The van der Waals surface area contributed by atoms with Crippen LogP contribution in [0.25, 0.3) is 0 Å². The molecule has 108 valence electrons. The molecule has 0 aliphatic heterocycles. The number of amides is 1. The van der Waals surface area contributed by atoms with Crippen molar-refractivity contribution in [2.45, 2.75) is 32.2 Å². The molecule has 3 N–H and O–H groups in total. The van der Waals surface area contributed by atoms with Crippen LogP contribution in [0.2, 0.25) is 0 Å². The molecule has 1 saturated carbocycles. The Kier molecular flexibility index (Phi) is 4.19. The fraction of sp³-hybridized carbons (Fsp3) is 0.571. The second kappa shape index (κ2) is 5.71. The van der Waals surface area contributed by atoms with E-state index in [0.29, 0.717) is 28.1 Å². The standard InChI is InChI=1S/C14H20N4OS/c1-4-5-8-6-10(8)17-13-9(7-15)11(16)12(20-13)14(19)18(2)3/h8,10,17H,4-6,16H2,1-3H3. The van der Waals surface area contributed by atoms with Gasteiger partial charge in [0.2, 0.25) is 0 Å². The lowest BCUT2D eigenvalue weighted by Gasteiger charge is -2.08. The van der Waals surface area contributed by atoms with Gasteiger partial charge in [-0.3, -0.25) is 4.79 Å². The minimum absolute atomic E-state index is 0.155. The van der Waals surface area contributed by atoms with E-state index >= 15 is 0 Å². The predicted molar refractivity (Wildman–Crippen MR) is 81.9 cm³/mol. The Hall–Kier alpha value is -1.74. The Morgan fingerprint density at radius 1 is 1.60 bits per heavy atom. The molecule has 0 saturated heterocycles. The number of nitrogens with two attached hydrogens (primary N) is 1. The molecule has 2 atom stereocenters. The van der Waals surface area contributed by atoms with Crippen molar-refractivity contribution in [1.82, 2.24) is 4.90 Å². The monoisotopic (exact) mass is 292 g/mol. The molecule has 0 spiro atoms. The van der Waals surface area contributed by atoms with Gasteiger partial charge in [-0.1, -0.05) is 13.3 Å². The lowest BCUT2D eigenvalue weighted by molar-refractivity contribution is 0.0833. The van der Waals surface area contributed by atoms with Gasteiger partial charge in [-0.15, -0.1) is 11.3 Å². The number of rotatable bonds is 5. The van der Waals surface area contributed by atoms with Crippen LogP contribution >= 0.6 is 11.3 Å². The van der Waals surface area contributed by atoms with Crippen LogP contribution in [0.5, 0.6) is 0 Å². The maximum Gasteiger partial charge on any atom is 0.265 e. The molecule has 1 aliphatic rings. The average molecular weight is 292 g/mol. The van der Waals surface area contributed by atoms with E-state index in [1.165, 1.54) is 29.1 Å². The fourth-order valence-corrected chi connectivity index (χ4v) is 3.46. The van der Waals surface area contributed by atoms with Crippen molar-refractivity contribution in [3.63, 3.8) is 0 Å². The second-order valence-corrected chi connectivity index (χ2v) is 6.42. The highest BCUT2D eigenvalue weighted by molar-refractivity contribution is 7.18. The van der Waals surface area contributed by atoms with Gasteiger partial charge in [-0.05, 0) is 18.8 Å². The van der Waals surface area contributed by atoms with Crippen LogP contribution in [0, 0.1) is 17.2 Å². The number of hydrogen-bond acceptors (Lipinski definition) is 5. The molecule has 2 unspecified atom stereocenters. The van der Waals surface area contributed by atoms with Crippen LogP contribution in [-0.4, -0.2) is 30.9 Å². The van der Waals surface area contributed by atoms with Crippen molar-refractivity contribution in [2.75, 3.05) is 25.1 Å². The first-order valence-corrected chi connectivity index (χ1v) is 7.61. The zero-order valence-corrected chi connectivity index (χ0v) is 12.9. The van der Waals surface area contributed by atoms with Crippen LogP contribution < -0.4 is 11.1 Å². The van der Waals surface area contributed by atoms with Crippen LogP contribution in [0.15, 0.2) is 0 Å². The Labute approximate surface area is 123 Å². The highest BCUT2D eigenvalue weighted by Gasteiger charge is 2.37. The summed E-state index contributed by atoms with van der Waals surface area (Å²) in [5.74, 6) is 0.529. The molecule has 1 aromatic heterocycles. The molecule has 1 amide bonds. The average Bonchev–Trinajstić information content (AvgIpc) is 3.04. The summed E-state index contributed by atoms with van der Waals surface area (Å²) in [6.07, 6.45) is 3.50. The van der Waals surface area contributed by atoms with Gasteiger partial charge in [0.1, 0.15) is 21.5 Å². The minimum atomic E-state index is -0.155. The molecule has 1 fully saturated rings. The molecule has 1 aliphatic carbocycles. The molecule has 2 rings (SSSR count). The molecular formula is C14H20N4OS. The topological polar surface area (TPSA) is 82.2 Å². The molecular weight excluding hydrogens is 272 g/mol. The summed E-state index contributed by atoms with van der Waals surface area (Å²) >= 11 is 1.29. The second-order valence-electron chi connectivity index (χ2n) is 5.40. The molecule has 0 radical (unpaired) electrons. The molecule has 5 nitrogen and oxygen atoms in total. The van der Waals surface area contributed by atoms with E-state index in [1.54, 1.807) is 14.1 Å². The molecule has 1 heterocycles. The lowest BCUT2D eigenvalue weighted by atomic mass is 10.2. The molecule has 1 aromatic rings. The number of carbonyl (C=O) groups is 1. The van der Waals surface area contributed by atoms with Gasteiger partial charge in [-0.25, -0.2) is 0 Å². The quantitative estimate of drug-likeness (QED) is 0.873. The Morgan fingerprint density at radius 2 is 2.30 bits per heavy atom. The maximum absolute atomic E-state index is 12.0. The fourth-order valence-electron chi connectivity index (χ4n) is 2.30. The summed E-state index contributed by atoms with van der Waals surface area (Å²) in [6.45, 7) is 2.17. The van der Waals surface area contributed by atoms with Gasteiger partial charge in [0, 0.05) is 20.1 Å². The van der Waals surface area contributed by atoms with E-state index in [4.69, 9.17) is 5.73 Å². The van der Waals surface area contributed by atoms with Gasteiger partial charge in [0.05, 0.1) is 5.69 Å². The minimum Gasteiger partial charge on any atom is -0.396 e. The third kappa shape index (κ3) is 2.73. The van der Waals surface area contributed by atoms with Crippen LogP contribution in [-0.2, 0) is 0 Å². The number of nitrogen functional groups attached to an aromatic ring is 1. The third-order valence-corrected chi connectivity index (χ3v) is 4.68. The predicted octanol–water partition coefficient (Wildman–Crippen LogP) is 2.50. The van der Waals surface area contributed by atoms with E-state index in [-0.39, 0.29) is 5.91 Å². The SMILES string of the molecule is CCCC1CC1Nc1sc(C(=O)N(C)C)c(N)c1C#N. The normalized spacial score (nSPS) is 20.3. The van der Waals surface area contributed by atoms with E-state index in [2.05, 4.69) is 18.3 Å². The van der Waals surface area contributed by atoms with Crippen LogP contribution in [0.1, 0.15) is 41.4 Å². The Bertz CT molecular complexity index is 558. The van der Waals surface area contributed by atoms with Gasteiger partial charge in [0.15, 0.2) is 0 Å². The first-order valence-electron chi connectivity index (χ1n) is 6.80. The Balaban J connectivity index is 2.20. The van der Waals surface area contributed by atoms with Crippen molar-refractivity contribution >= 4 is 27.9 Å². The van der Waals surface area contributed by atoms with Crippen molar-refractivity contribution in [1.29, 1.82) is 5.26 Å². The molecule has 20 heavy (non-hydrogen) atoms. The van der Waals surface area contributed by atoms with Crippen molar-refractivity contribution in [3.05, 3.63) is 10.4 Å². The highest BCUT2D eigenvalue weighted by atomic mass is 32.1. The first kappa shape index (κ1) is 14.7. The molecule has 0 aromatic carbocycles. The van der Waals surface area contributed by atoms with Crippen LogP contribution in [0.3, 0.4) is 0 Å². The van der Waals surface area contributed by atoms with E-state index in [0.717, 1.165) is 11.4 Å². The Morgan fingerprint density at radius 3 is 2.85 bits per heavy atom. The van der Waals surface area contributed by atoms with Gasteiger partial charge in [-0.2, -0.15) is 5.26 Å². The maximum atomic E-state index is 12.0. The zero-order chi connectivity index (χ0) is 14.9. The summed E-state index contributed by atoms with van der Waals surface area (Å²) in [5.41, 5.74) is 6.65. The van der Waals surface area contributed by atoms with E-state index in [9.17, 15) is 10.1 Å². The largest absolute Gasteiger partial charge is 0.396 e. The summed E-state index contributed by atoms with van der Waals surface area (Å²) in [5, 5.41) is 13.4. The molecule has 0 bridgehead atoms. The first-order chi connectivity index (χ1) is 9.49. The van der Waals surface area contributed by atoms with Gasteiger partial charge < -0.3 is 16.0 Å². The zero-order valence-electron chi connectivity index (χ0n) is 12.1.